The van der Waals surface area contributed by atoms with Crippen LogP contribution in [-0.2, 0) is 4.74 Å². The number of anilines is 1. The summed E-state index contributed by atoms with van der Waals surface area (Å²) >= 11 is 0. The van der Waals surface area contributed by atoms with Crippen LogP contribution in [0.3, 0.4) is 0 Å². The summed E-state index contributed by atoms with van der Waals surface area (Å²) in [5.74, 6) is -1.24. The number of fused-ring (bicyclic) bond motifs is 1. The largest absolute Gasteiger partial charge is 0.383 e. The zero-order chi connectivity index (χ0) is 16.4. The Balaban J connectivity index is 1.76. The molecule has 0 amide bonds. The molecule has 4 nitrogen and oxygen atoms in total. The van der Waals surface area contributed by atoms with Crippen LogP contribution < -0.4 is 5.32 Å². The van der Waals surface area contributed by atoms with Crippen LogP contribution in [-0.4, -0.2) is 48.3 Å². The molecule has 2 atom stereocenters. The van der Waals surface area contributed by atoms with Crippen molar-refractivity contribution < 1.29 is 13.5 Å². The molecule has 1 aliphatic rings. The Morgan fingerprint density at radius 3 is 3.04 bits per heavy atom. The number of halogens is 2. The summed E-state index contributed by atoms with van der Waals surface area (Å²) < 4.78 is 32.8. The summed E-state index contributed by atoms with van der Waals surface area (Å²) in [4.78, 5) is 6.38. The Hall–Kier alpha value is -1.79. The third kappa shape index (κ3) is 3.43. The van der Waals surface area contributed by atoms with Gasteiger partial charge in [0.2, 0.25) is 0 Å². The van der Waals surface area contributed by atoms with Gasteiger partial charge >= 0.3 is 0 Å². The lowest BCUT2D eigenvalue weighted by Gasteiger charge is -2.38. The normalized spacial score (nSPS) is 20.6. The van der Waals surface area contributed by atoms with E-state index in [1.807, 2.05) is 0 Å². The second-order valence-corrected chi connectivity index (χ2v) is 6.03. The molecule has 3 rings (SSSR count). The highest BCUT2D eigenvalue weighted by molar-refractivity contribution is 5.91. The lowest BCUT2D eigenvalue weighted by molar-refractivity contribution is -0.0159. The molecule has 1 fully saturated rings. The molecule has 1 aliphatic heterocycles. The van der Waals surface area contributed by atoms with E-state index in [0.29, 0.717) is 23.7 Å². The average Bonchev–Trinajstić information content (AvgIpc) is 2.53. The summed E-state index contributed by atoms with van der Waals surface area (Å²) in [6, 6.07) is 4.57. The van der Waals surface area contributed by atoms with Crippen LogP contribution >= 0.6 is 0 Å². The molecule has 0 aliphatic carbocycles. The van der Waals surface area contributed by atoms with Gasteiger partial charge in [-0.1, -0.05) is 0 Å². The van der Waals surface area contributed by atoms with Gasteiger partial charge in [-0.2, -0.15) is 0 Å². The van der Waals surface area contributed by atoms with Gasteiger partial charge in [0.25, 0.3) is 0 Å². The number of pyridine rings is 1. The zero-order valence-corrected chi connectivity index (χ0v) is 13.4. The van der Waals surface area contributed by atoms with Crippen LogP contribution in [0.25, 0.3) is 10.9 Å². The maximum Gasteiger partial charge on any atom is 0.152 e. The Morgan fingerprint density at radius 1 is 1.43 bits per heavy atom. The van der Waals surface area contributed by atoms with E-state index < -0.39 is 11.6 Å². The minimum absolute atomic E-state index is 0.184. The number of ether oxygens (including phenoxy) is 1. The minimum Gasteiger partial charge on any atom is -0.383 e. The molecule has 1 aromatic heterocycles. The molecular weight excluding hydrogens is 300 g/mol. The second kappa shape index (κ2) is 6.76. The Kier molecular flexibility index (Phi) is 4.73. The van der Waals surface area contributed by atoms with Crippen molar-refractivity contribution in [2.75, 3.05) is 31.6 Å². The van der Waals surface area contributed by atoms with E-state index in [4.69, 9.17) is 4.74 Å². The number of morpholine rings is 1. The van der Waals surface area contributed by atoms with Gasteiger partial charge in [-0.15, -0.1) is 0 Å². The van der Waals surface area contributed by atoms with E-state index in [1.54, 1.807) is 6.07 Å². The molecule has 1 aromatic carbocycles. The molecule has 23 heavy (non-hydrogen) atoms. The van der Waals surface area contributed by atoms with Gasteiger partial charge in [-0.3, -0.25) is 9.88 Å². The molecule has 1 N–H and O–H groups in total. The third-order valence-corrected chi connectivity index (χ3v) is 4.34. The molecule has 2 heterocycles. The van der Waals surface area contributed by atoms with Crippen molar-refractivity contribution >= 4 is 16.6 Å². The Morgan fingerprint density at radius 2 is 2.26 bits per heavy atom. The predicted octanol–water partition coefficient (Wildman–Crippen LogP) is 3.03. The number of hydrogen-bond acceptors (Lipinski definition) is 4. The highest BCUT2D eigenvalue weighted by Crippen LogP contribution is 2.25. The van der Waals surface area contributed by atoms with Gasteiger partial charge in [0.1, 0.15) is 11.3 Å². The number of benzene rings is 1. The first-order valence-electron chi connectivity index (χ1n) is 7.87. The van der Waals surface area contributed by atoms with Gasteiger partial charge in [-0.25, -0.2) is 8.78 Å². The number of nitrogens with zero attached hydrogens (tertiary/aromatic N) is 2. The SMILES string of the molecule is CC(CNc1ccnc2c(F)cc(F)cc12)N1CCOCC1C. The number of nitrogens with one attached hydrogen (secondary N) is 1. The maximum absolute atomic E-state index is 13.8. The monoisotopic (exact) mass is 321 g/mol. The predicted molar refractivity (Wildman–Crippen MR) is 86.6 cm³/mol. The number of hydrogen-bond donors (Lipinski definition) is 1. The molecular formula is C17H21F2N3O. The van der Waals surface area contributed by atoms with E-state index in [0.717, 1.165) is 25.8 Å². The summed E-state index contributed by atoms with van der Waals surface area (Å²) in [5.41, 5.74) is 0.880. The molecule has 0 saturated carbocycles. The van der Waals surface area contributed by atoms with Gasteiger partial charge in [0.15, 0.2) is 5.82 Å². The first-order valence-corrected chi connectivity index (χ1v) is 7.87. The van der Waals surface area contributed by atoms with Gasteiger partial charge in [-0.05, 0) is 26.0 Å². The summed E-state index contributed by atoms with van der Waals surface area (Å²) in [6.07, 6.45) is 1.54. The van der Waals surface area contributed by atoms with Gasteiger partial charge in [0.05, 0.1) is 13.2 Å². The average molecular weight is 321 g/mol. The lowest BCUT2D eigenvalue weighted by atomic mass is 10.1. The van der Waals surface area contributed by atoms with Crippen molar-refractivity contribution in [3.8, 4) is 0 Å². The number of aromatic nitrogens is 1. The minimum atomic E-state index is -0.640. The van der Waals surface area contributed by atoms with E-state index in [1.165, 1.54) is 12.3 Å². The van der Waals surface area contributed by atoms with Crippen LogP contribution in [0.15, 0.2) is 24.4 Å². The van der Waals surface area contributed by atoms with Crippen molar-refractivity contribution in [2.45, 2.75) is 25.9 Å². The topological polar surface area (TPSA) is 37.4 Å². The fourth-order valence-electron chi connectivity index (χ4n) is 3.10. The first-order chi connectivity index (χ1) is 11.1. The highest BCUT2D eigenvalue weighted by Gasteiger charge is 2.23. The summed E-state index contributed by atoms with van der Waals surface area (Å²) in [6.45, 7) is 7.33. The zero-order valence-electron chi connectivity index (χ0n) is 13.4. The van der Waals surface area contributed by atoms with Crippen LogP contribution in [0, 0.1) is 11.6 Å². The smallest absolute Gasteiger partial charge is 0.152 e. The summed E-state index contributed by atoms with van der Waals surface area (Å²) in [5, 5.41) is 3.77. The molecule has 2 unspecified atom stereocenters. The van der Waals surface area contributed by atoms with E-state index in [-0.39, 0.29) is 11.6 Å². The number of rotatable bonds is 4. The van der Waals surface area contributed by atoms with Crippen LogP contribution in [0.1, 0.15) is 13.8 Å². The van der Waals surface area contributed by atoms with Crippen molar-refractivity contribution in [3.05, 3.63) is 36.0 Å². The van der Waals surface area contributed by atoms with Crippen LogP contribution in [0.5, 0.6) is 0 Å². The molecule has 1 saturated heterocycles. The van der Waals surface area contributed by atoms with Crippen molar-refractivity contribution in [2.24, 2.45) is 0 Å². The molecule has 0 radical (unpaired) electrons. The van der Waals surface area contributed by atoms with E-state index >= 15 is 0 Å². The van der Waals surface area contributed by atoms with E-state index in [2.05, 4.69) is 29.0 Å². The van der Waals surface area contributed by atoms with Crippen molar-refractivity contribution in [1.82, 2.24) is 9.88 Å². The van der Waals surface area contributed by atoms with Crippen LogP contribution in [0.4, 0.5) is 14.5 Å². The van der Waals surface area contributed by atoms with Gasteiger partial charge in [0, 0.05) is 48.5 Å². The molecule has 124 valence electrons. The third-order valence-electron chi connectivity index (χ3n) is 4.34. The lowest BCUT2D eigenvalue weighted by Crippen LogP contribution is -2.50. The second-order valence-electron chi connectivity index (χ2n) is 6.03. The Labute approximate surface area is 134 Å². The Bertz CT molecular complexity index is 695. The van der Waals surface area contributed by atoms with Crippen molar-refractivity contribution in [3.63, 3.8) is 0 Å². The van der Waals surface area contributed by atoms with Crippen LogP contribution in [0.2, 0.25) is 0 Å². The van der Waals surface area contributed by atoms with E-state index in [9.17, 15) is 8.78 Å². The maximum atomic E-state index is 13.8. The standard InChI is InChI=1S/C17H21F2N3O/c1-11(22-5-6-23-10-12(22)2)9-21-16-3-4-20-17-14(16)7-13(18)8-15(17)19/h3-4,7-8,11-12H,5-6,9-10H2,1-2H3,(H,20,21). The molecule has 0 bridgehead atoms. The molecule has 0 spiro atoms. The quantitative estimate of drug-likeness (QED) is 0.939. The summed E-state index contributed by atoms with van der Waals surface area (Å²) in [7, 11) is 0. The molecule has 2 aromatic rings. The highest BCUT2D eigenvalue weighted by atomic mass is 19.1. The molecule has 6 heteroatoms. The van der Waals surface area contributed by atoms with Gasteiger partial charge < -0.3 is 10.1 Å². The fraction of sp³-hybridized carbons (Fsp3) is 0.471. The first kappa shape index (κ1) is 16.1. The van der Waals surface area contributed by atoms with Crippen molar-refractivity contribution in [1.29, 1.82) is 0 Å². The fourth-order valence-corrected chi connectivity index (χ4v) is 3.10.